The summed E-state index contributed by atoms with van der Waals surface area (Å²) >= 11 is 0. The fourth-order valence-corrected chi connectivity index (χ4v) is 5.46. The Labute approximate surface area is 185 Å². The van der Waals surface area contributed by atoms with Gasteiger partial charge in [0.05, 0.1) is 12.0 Å². The minimum atomic E-state index is -0.756. The molecule has 1 saturated heterocycles. The smallest absolute Gasteiger partial charge is 0.306 e. The zero-order valence-corrected chi connectivity index (χ0v) is 18.1. The van der Waals surface area contributed by atoms with Crippen LogP contribution in [0.25, 0.3) is 21.8 Å². The summed E-state index contributed by atoms with van der Waals surface area (Å²) in [4.78, 5) is 36.2. The lowest BCUT2D eigenvalue weighted by atomic mass is 9.87. The molecule has 0 radical (unpaired) electrons. The first-order chi connectivity index (χ1) is 15.4. The van der Waals surface area contributed by atoms with Crippen molar-refractivity contribution in [2.24, 2.45) is 5.92 Å². The van der Waals surface area contributed by atoms with Crippen molar-refractivity contribution in [1.29, 1.82) is 0 Å². The summed E-state index contributed by atoms with van der Waals surface area (Å²) in [5.41, 5.74) is 1.51. The standard InChI is InChI=1S/C24H28N4O4/c1-27-9-8-15(24(31)32)11-21(27)14-2-7-18-19(10-14)23(30)28(16-3-5-17(29)6-4-16)22-20(18)12-25-13-26-22/h2,7,10,12-13,15-17,21,29H,3-6,8-9,11H2,1H3,(H,31,32). The van der Waals surface area contributed by atoms with Crippen LogP contribution in [0.1, 0.15) is 56.2 Å². The van der Waals surface area contributed by atoms with Gasteiger partial charge in [0, 0.05) is 29.1 Å². The maximum absolute atomic E-state index is 13.7. The molecule has 1 aliphatic carbocycles. The van der Waals surface area contributed by atoms with Crippen LogP contribution in [-0.2, 0) is 4.79 Å². The number of likely N-dealkylation sites (tertiary alicyclic amines) is 1. The summed E-state index contributed by atoms with van der Waals surface area (Å²) < 4.78 is 1.79. The molecular weight excluding hydrogens is 408 g/mol. The van der Waals surface area contributed by atoms with Crippen molar-refractivity contribution >= 4 is 27.8 Å². The van der Waals surface area contributed by atoms with Crippen LogP contribution in [0.15, 0.2) is 35.5 Å². The molecule has 0 bridgehead atoms. The number of fused-ring (bicyclic) bond motifs is 3. The van der Waals surface area contributed by atoms with E-state index >= 15 is 0 Å². The van der Waals surface area contributed by atoms with Gasteiger partial charge in [-0.25, -0.2) is 9.97 Å². The van der Waals surface area contributed by atoms with E-state index in [0.29, 0.717) is 43.3 Å². The van der Waals surface area contributed by atoms with Gasteiger partial charge in [0.1, 0.15) is 12.0 Å². The van der Waals surface area contributed by atoms with Gasteiger partial charge < -0.3 is 10.2 Å². The number of carboxylic acid groups (broad SMARTS) is 1. The first-order valence-electron chi connectivity index (χ1n) is 11.3. The molecule has 32 heavy (non-hydrogen) atoms. The van der Waals surface area contributed by atoms with Crippen LogP contribution in [0.4, 0.5) is 0 Å². The molecule has 168 valence electrons. The van der Waals surface area contributed by atoms with Gasteiger partial charge in [-0.2, -0.15) is 0 Å². The fourth-order valence-electron chi connectivity index (χ4n) is 5.46. The van der Waals surface area contributed by atoms with Crippen molar-refractivity contribution in [1.82, 2.24) is 19.4 Å². The first kappa shape index (κ1) is 21.0. The monoisotopic (exact) mass is 436 g/mol. The lowest BCUT2D eigenvalue weighted by molar-refractivity contribution is -0.144. The molecule has 8 nitrogen and oxygen atoms in total. The highest BCUT2D eigenvalue weighted by Gasteiger charge is 2.32. The van der Waals surface area contributed by atoms with Crippen molar-refractivity contribution in [3.05, 3.63) is 46.6 Å². The van der Waals surface area contributed by atoms with E-state index in [0.717, 1.165) is 29.2 Å². The van der Waals surface area contributed by atoms with Gasteiger partial charge in [-0.3, -0.25) is 19.1 Å². The topological polar surface area (TPSA) is 109 Å². The number of aromatic nitrogens is 3. The second kappa shape index (κ2) is 8.26. The Morgan fingerprint density at radius 2 is 1.88 bits per heavy atom. The highest BCUT2D eigenvalue weighted by Crippen LogP contribution is 2.36. The molecule has 1 saturated carbocycles. The van der Waals surface area contributed by atoms with Gasteiger partial charge in [-0.15, -0.1) is 0 Å². The molecule has 0 amide bonds. The highest BCUT2D eigenvalue weighted by molar-refractivity contribution is 6.04. The van der Waals surface area contributed by atoms with Crippen LogP contribution in [0.5, 0.6) is 0 Å². The maximum atomic E-state index is 13.7. The third kappa shape index (κ3) is 3.57. The lowest BCUT2D eigenvalue weighted by Gasteiger charge is -2.36. The number of hydrogen-bond donors (Lipinski definition) is 2. The number of carboxylic acids is 1. The van der Waals surface area contributed by atoms with E-state index < -0.39 is 5.97 Å². The SMILES string of the molecule is CN1CCC(C(=O)O)CC1c1ccc2c(c1)c(=O)n(C1CCC(O)CC1)c1ncncc21. The van der Waals surface area contributed by atoms with Crippen LogP contribution < -0.4 is 5.56 Å². The van der Waals surface area contributed by atoms with Gasteiger partial charge >= 0.3 is 5.97 Å². The van der Waals surface area contributed by atoms with Crippen LogP contribution in [0, 0.1) is 5.92 Å². The van der Waals surface area contributed by atoms with Gasteiger partial charge in [-0.05, 0) is 69.1 Å². The van der Waals surface area contributed by atoms with Gasteiger partial charge in [0.15, 0.2) is 0 Å². The van der Waals surface area contributed by atoms with Crippen molar-refractivity contribution in [3.8, 4) is 0 Å². The van der Waals surface area contributed by atoms with Crippen molar-refractivity contribution < 1.29 is 15.0 Å². The molecule has 3 aromatic rings. The predicted octanol–water partition coefficient (Wildman–Crippen LogP) is 2.89. The second-order valence-electron chi connectivity index (χ2n) is 9.26. The molecule has 2 atom stereocenters. The van der Waals surface area contributed by atoms with Crippen LogP contribution in [0.2, 0.25) is 0 Å². The number of rotatable bonds is 3. The van der Waals surface area contributed by atoms with E-state index in [9.17, 15) is 19.8 Å². The van der Waals surface area contributed by atoms with E-state index in [1.807, 2.05) is 25.2 Å². The third-order valence-corrected chi connectivity index (χ3v) is 7.34. The van der Waals surface area contributed by atoms with Crippen molar-refractivity contribution in [2.45, 2.75) is 56.7 Å². The number of carbonyl (C=O) groups is 1. The Hall–Kier alpha value is -2.84. The number of piperidine rings is 1. The van der Waals surface area contributed by atoms with E-state index in [2.05, 4.69) is 14.9 Å². The predicted molar refractivity (Wildman–Crippen MR) is 121 cm³/mol. The number of pyridine rings is 1. The Bertz CT molecular complexity index is 1230. The summed E-state index contributed by atoms with van der Waals surface area (Å²) in [6.45, 7) is 0.708. The minimum absolute atomic E-state index is 0.00917. The number of aliphatic hydroxyl groups excluding tert-OH is 1. The van der Waals surface area contributed by atoms with Gasteiger partial charge in [0.25, 0.3) is 5.56 Å². The quantitative estimate of drug-likeness (QED) is 0.608. The third-order valence-electron chi connectivity index (χ3n) is 7.34. The summed E-state index contributed by atoms with van der Waals surface area (Å²) in [6.07, 6.45) is 6.90. The number of aliphatic hydroxyl groups is 1. The normalized spacial score (nSPS) is 27.1. The second-order valence-corrected chi connectivity index (χ2v) is 9.26. The molecule has 1 aliphatic heterocycles. The van der Waals surface area contributed by atoms with Crippen LogP contribution in [0.3, 0.4) is 0 Å². The number of aliphatic carboxylic acids is 1. The molecule has 1 aromatic carbocycles. The zero-order chi connectivity index (χ0) is 22.4. The molecule has 3 heterocycles. The zero-order valence-electron chi connectivity index (χ0n) is 18.1. The van der Waals surface area contributed by atoms with E-state index in [4.69, 9.17) is 0 Å². The summed E-state index contributed by atoms with van der Waals surface area (Å²) in [7, 11) is 2.01. The molecular formula is C24H28N4O4. The Morgan fingerprint density at radius 3 is 2.62 bits per heavy atom. The Morgan fingerprint density at radius 1 is 1.09 bits per heavy atom. The average Bonchev–Trinajstić information content (AvgIpc) is 2.80. The molecule has 2 aromatic heterocycles. The summed E-state index contributed by atoms with van der Waals surface area (Å²) in [5, 5.41) is 21.7. The number of hydrogen-bond acceptors (Lipinski definition) is 6. The maximum Gasteiger partial charge on any atom is 0.306 e. The Balaban J connectivity index is 1.66. The van der Waals surface area contributed by atoms with Gasteiger partial charge in [0.2, 0.25) is 0 Å². The molecule has 8 heteroatoms. The minimum Gasteiger partial charge on any atom is -0.481 e. The lowest BCUT2D eigenvalue weighted by Crippen LogP contribution is -2.36. The Kier molecular flexibility index (Phi) is 5.43. The average molecular weight is 437 g/mol. The first-order valence-corrected chi connectivity index (χ1v) is 11.3. The van der Waals surface area contributed by atoms with E-state index in [-0.39, 0.29) is 29.7 Å². The largest absolute Gasteiger partial charge is 0.481 e. The summed E-state index contributed by atoms with van der Waals surface area (Å²) in [5.74, 6) is -1.13. The molecule has 2 unspecified atom stereocenters. The summed E-state index contributed by atoms with van der Waals surface area (Å²) in [6, 6.07) is 5.83. The number of nitrogens with zero attached hydrogens (tertiary/aromatic N) is 4. The molecule has 2 aliphatic rings. The molecule has 2 fully saturated rings. The molecule has 0 spiro atoms. The number of benzene rings is 1. The van der Waals surface area contributed by atoms with Crippen LogP contribution in [-0.4, -0.2) is 55.3 Å². The van der Waals surface area contributed by atoms with Crippen molar-refractivity contribution in [2.75, 3.05) is 13.6 Å². The van der Waals surface area contributed by atoms with Crippen molar-refractivity contribution in [3.63, 3.8) is 0 Å². The highest BCUT2D eigenvalue weighted by atomic mass is 16.4. The molecule has 5 rings (SSSR count). The van der Waals surface area contributed by atoms with Crippen LogP contribution >= 0.6 is 0 Å². The van der Waals surface area contributed by atoms with Gasteiger partial charge in [-0.1, -0.05) is 12.1 Å². The molecule has 2 N–H and O–H groups in total. The fraction of sp³-hybridized carbons (Fsp3) is 0.500. The van der Waals surface area contributed by atoms with E-state index in [1.54, 1.807) is 10.8 Å². The van der Waals surface area contributed by atoms with E-state index in [1.165, 1.54) is 6.33 Å².